The van der Waals surface area contributed by atoms with E-state index in [0.717, 1.165) is 18.6 Å². The highest BCUT2D eigenvalue weighted by molar-refractivity contribution is 6.33. The summed E-state index contributed by atoms with van der Waals surface area (Å²) < 4.78 is 7.34. The number of anilines is 1. The molecule has 3 rings (SSSR count). The highest BCUT2D eigenvalue weighted by Crippen LogP contribution is 2.33. The van der Waals surface area contributed by atoms with Crippen LogP contribution in [0.4, 0.5) is 5.69 Å². The summed E-state index contributed by atoms with van der Waals surface area (Å²) in [5.41, 5.74) is 7.24. The number of nitrogen functional groups attached to an aromatic ring is 1. The summed E-state index contributed by atoms with van der Waals surface area (Å²) in [5, 5.41) is 12.4. The van der Waals surface area contributed by atoms with Gasteiger partial charge in [-0.25, -0.2) is 4.68 Å². The predicted molar refractivity (Wildman–Crippen MR) is 71.7 cm³/mol. The number of rotatable bonds is 2. The molecule has 0 saturated carbocycles. The first-order valence-corrected chi connectivity index (χ1v) is 6.50. The van der Waals surface area contributed by atoms with Crippen LogP contribution >= 0.6 is 11.6 Å². The first-order chi connectivity index (χ1) is 9.18. The number of nitrogens with zero attached hydrogens (tertiary/aromatic N) is 4. The van der Waals surface area contributed by atoms with Crippen LogP contribution in [0.2, 0.25) is 5.02 Å². The summed E-state index contributed by atoms with van der Waals surface area (Å²) in [5.74, 6) is 0.627. The van der Waals surface area contributed by atoms with Gasteiger partial charge in [0.25, 0.3) is 0 Å². The number of benzene rings is 1. The second-order valence-electron chi connectivity index (χ2n) is 4.58. The third kappa shape index (κ3) is 2.06. The normalized spacial score (nSPS) is 22.8. The Labute approximate surface area is 115 Å². The van der Waals surface area contributed by atoms with Gasteiger partial charge in [-0.15, -0.1) is 5.10 Å². The zero-order chi connectivity index (χ0) is 13.4. The van der Waals surface area contributed by atoms with Crippen molar-refractivity contribution in [1.82, 2.24) is 20.2 Å². The number of hydrogen-bond donors (Lipinski definition) is 1. The second kappa shape index (κ2) is 4.79. The molecule has 2 heterocycles. The summed E-state index contributed by atoms with van der Waals surface area (Å²) >= 11 is 6.04. The minimum atomic E-state index is 0.0858. The van der Waals surface area contributed by atoms with E-state index >= 15 is 0 Å². The molecule has 0 bridgehead atoms. The largest absolute Gasteiger partial charge is 0.397 e. The zero-order valence-electron chi connectivity index (χ0n) is 10.5. The average molecular weight is 280 g/mol. The predicted octanol–water partition coefficient (Wildman–Crippen LogP) is 1.93. The van der Waals surface area contributed by atoms with E-state index in [-0.39, 0.29) is 12.1 Å². The fourth-order valence-corrected chi connectivity index (χ4v) is 2.54. The molecule has 2 unspecified atom stereocenters. The molecule has 0 aliphatic carbocycles. The molecule has 1 aromatic heterocycles. The monoisotopic (exact) mass is 279 g/mol. The van der Waals surface area contributed by atoms with Crippen LogP contribution in [0.5, 0.6) is 0 Å². The fraction of sp³-hybridized carbons (Fsp3) is 0.417. The number of halogens is 1. The Bertz CT molecular complexity index is 600. The molecule has 100 valence electrons. The lowest BCUT2D eigenvalue weighted by atomic mass is 10.1. The van der Waals surface area contributed by atoms with Gasteiger partial charge in [0.05, 0.1) is 22.9 Å². The quantitative estimate of drug-likeness (QED) is 0.850. The van der Waals surface area contributed by atoms with E-state index < -0.39 is 0 Å². The molecule has 1 aliphatic rings. The summed E-state index contributed by atoms with van der Waals surface area (Å²) in [4.78, 5) is 0. The van der Waals surface area contributed by atoms with Crippen molar-refractivity contribution in [3.05, 3.63) is 23.2 Å². The molecule has 1 saturated heterocycles. The summed E-state index contributed by atoms with van der Waals surface area (Å²) in [6.07, 6.45) is 0.974. The molecule has 0 amide bonds. The summed E-state index contributed by atoms with van der Waals surface area (Å²) in [6, 6.07) is 5.57. The van der Waals surface area contributed by atoms with Gasteiger partial charge in [0.1, 0.15) is 0 Å². The average Bonchev–Trinajstić information content (AvgIpc) is 3.01. The van der Waals surface area contributed by atoms with Gasteiger partial charge in [0, 0.05) is 12.2 Å². The number of ether oxygens (including phenoxy) is 1. The number of para-hydroxylation sites is 1. The van der Waals surface area contributed by atoms with Crippen molar-refractivity contribution >= 4 is 17.3 Å². The van der Waals surface area contributed by atoms with E-state index in [1.807, 2.05) is 19.1 Å². The number of hydrogen-bond acceptors (Lipinski definition) is 5. The Hall–Kier alpha value is -1.66. The van der Waals surface area contributed by atoms with Gasteiger partial charge >= 0.3 is 0 Å². The maximum absolute atomic E-state index is 6.04. The fourth-order valence-electron chi connectivity index (χ4n) is 2.37. The van der Waals surface area contributed by atoms with Crippen LogP contribution in [-0.2, 0) is 4.74 Å². The Morgan fingerprint density at radius 1 is 1.47 bits per heavy atom. The van der Waals surface area contributed by atoms with Gasteiger partial charge in [0.2, 0.25) is 0 Å². The lowest BCUT2D eigenvalue weighted by Gasteiger charge is -2.16. The van der Waals surface area contributed by atoms with Gasteiger partial charge in [-0.1, -0.05) is 17.7 Å². The van der Waals surface area contributed by atoms with E-state index in [2.05, 4.69) is 15.5 Å². The van der Waals surface area contributed by atoms with Crippen molar-refractivity contribution in [2.45, 2.75) is 25.5 Å². The van der Waals surface area contributed by atoms with Gasteiger partial charge < -0.3 is 10.5 Å². The first-order valence-electron chi connectivity index (χ1n) is 6.12. The van der Waals surface area contributed by atoms with E-state index in [0.29, 0.717) is 16.5 Å². The van der Waals surface area contributed by atoms with Crippen LogP contribution in [0.3, 0.4) is 0 Å². The Balaban J connectivity index is 2.07. The lowest BCUT2D eigenvalue weighted by Crippen LogP contribution is -2.19. The third-order valence-electron chi connectivity index (χ3n) is 3.44. The number of nitrogens with two attached hydrogens (primary N) is 1. The van der Waals surface area contributed by atoms with Crippen molar-refractivity contribution in [3.8, 4) is 11.4 Å². The first kappa shape index (κ1) is 12.4. The van der Waals surface area contributed by atoms with E-state index in [1.54, 1.807) is 10.7 Å². The van der Waals surface area contributed by atoms with Crippen molar-refractivity contribution in [2.24, 2.45) is 0 Å². The van der Waals surface area contributed by atoms with Crippen molar-refractivity contribution in [3.63, 3.8) is 0 Å². The maximum Gasteiger partial charge on any atom is 0.184 e. The molecule has 7 heteroatoms. The second-order valence-corrected chi connectivity index (χ2v) is 4.99. The summed E-state index contributed by atoms with van der Waals surface area (Å²) in [6.45, 7) is 2.74. The van der Waals surface area contributed by atoms with Gasteiger partial charge in [-0.05, 0) is 35.9 Å². The molecule has 1 aromatic carbocycles. The molecule has 6 nitrogen and oxygen atoms in total. The maximum atomic E-state index is 6.04. The lowest BCUT2D eigenvalue weighted by molar-refractivity contribution is 0.105. The molecular formula is C12H14ClN5O. The molecule has 2 atom stereocenters. The van der Waals surface area contributed by atoms with E-state index in [4.69, 9.17) is 22.1 Å². The number of tetrazole rings is 1. The Kier molecular flexibility index (Phi) is 3.12. The molecule has 19 heavy (non-hydrogen) atoms. The van der Waals surface area contributed by atoms with E-state index in [1.165, 1.54) is 0 Å². The zero-order valence-corrected chi connectivity index (χ0v) is 11.2. The van der Waals surface area contributed by atoms with Crippen LogP contribution < -0.4 is 5.73 Å². The Morgan fingerprint density at radius 2 is 2.32 bits per heavy atom. The van der Waals surface area contributed by atoms with Gasteiger partial charge in [-0.3, -0.25) is 0 Å². The van der Waals surface area contributed by atoms with Crippen LogP contribution in [0.1, 0.15) is 19.4 Å². The molecule has 0 spiro atoms. The van der Waals surface area contributed by atoms with Gasteiger partial charge in [-0.2, -0.15) is 0 Å². The third-order valence-corrected chi connectivity index (χ3v) is 3.77. The minimum absolute atomic E-state index is 0.0858. The summed E-state index contributed by atoms with van der Waals surface area (Å²) in [7, 11) is 0. The molecule has 1 aliphatic heterocycles. The molecule has 1 fully saturated rings. The van der Waals surface area contributed by atoms with Crippen LogP contribution in [-0.4, -0.2) is 32.9 Å². The van der Waals surface area contributed by atoms with Crippen LogP contribution in [0.25, 0.3) is 11.4 Å². The van der Waals surface area contributed by atoms with Crippen LogP contribution in [0, 0.1) is 0 Å². The molecule has 2 aromatic rings. The van der Waals surface area contributed by atoms with Crippen molar-refractivity contribution in [1.29, 1.82) is 0 Å². The van der Waals surface area contributed by atoms with E-state index in [9.17, 15) is 0 Å². The van der Waals surface area contributed by atoms with Crippen molar-refractivity contribution < 1.29 is 4.74 Å². The smallest absolute Gasteiger partial charge is 0.184 e. The topological polar surface area (TPSA) is 78.8 Å². The highest BCUT2D eigenvalue weighted by Gasteiger charge is 2.30. The Morgan fingerprint density at radius 3 is 3.05 bits per heavy atom. The van der Waals surface area contributed by atoms with Crippen LogP contribution in [0.15, 0.2) is 18.2 Å². The molecule has 0 radical (unpaired) electrons. The highest BCUT2D eigenvalue weighted by atomic mass is 35.5. The minimum Gasteiger partial charge on any atom is -0.397 e. The number of aromatic nitrogens is 4. The standard InChI is InChI=1S/C12H14ClN5O/c1-7-10(5-6-19-7)18-12(15-16-17-18)8-3-2-4-9(13)11(8)14/h2-4,7,10H,5-6,14H2,1H3. The molecular weight excluding hydrogens is 266 g/mol. The SMILES string of the molecule is CC1OCCC1n1nnnc1-c1cccc(Cl)c1N. The molecule has 2 N–H and O–H groups in total. The van der Waals surface area contributed by atoms with Crippen molar-refractivity contribution in [2.75, 3.05) is 12.3 Å². The van der Waals surface area contributed by atoms with Gasteiger partial charge in [0.15, 0.2) is 5.82 Å².